The van der Waals surface area contributed by atoms with Crippen molar-refractivity contribution in [3.8, 4) is 0 Å². The Labute approximate surface area is 178 Å². The summed E-state index contributed by atoms with van der Waals surface area (Å²) in [6.07, 6.45) is 5.16. The van der Waals surface area contributed by atoms with Crippen molar-refractivity contribution in [1.29, 1.82) is 0 Å². The lowest BCUT2D eigenvalue weighted by molar-refractivity contribution is 0.0526. The van der Waals surface area contributed by atoms with E-state index in [-0.39, 0.29) is 30.5 Å². The number of aliphatic hydroxyl groups excluding tert-OH is 1. The Balaban J connectivity index is 0.00000261. The maximum Gasteiger partial charge on any atom is 0.191 e. The molecule has 7 heteroatoms. The second-order valence-electron chi connectivity index (χ2n) is 7.47. The van der Waals surface area contributed by atoms with Gasteiger partial charge in [-0.2, -0.15) is 0 Å². The van der Waals surface area contributed by atoms with Crippen LogP contribution in [0.25, 0.3) is 0 Å². The predicted molar refractivity (Wildman–Crippen MR) is 118 cm³/mol. The van der Waals surface area contributed by atoms with Crippen molar-refractivity contribution in [2.24, 2.45) is 4.99 Å². The average molecular weight is 490 g/mol. The molecule has 0 spiro atoms. The predicted octanol–water partition coefficient (Wildman–Crippen LogP) is 3.05. The van der Waals surface area contributed by atoms with Gasteiger partial charge in [0.2, 0.25) is 0 Å². The molecule has 1 aromatic carbocycles. The summed E-state index contributed by atoms with van der Waals surface area (Å²) in [4.78, 5) is 7.04. The summed E-state index contributed by atoms with van der Waals surface area (Å²) in [6.45, 7) is 2.91. The Morgan fingerprint density at radius 3 is 2.59 bits per heavy atom. The van der Waals surface area contributed by atoms with Gasteiger partial charge in [-0.15, -0.1) is 24.0 Å². The number of nitrogens with zero attached hydrogens (tertiary/aromatic N) is 2. The van der Waals surface area contributed by atoms with Crippen LogP contribution < -0.4 is 10.6 Å². The standard InChI is InChI=1S/C20H31FN4O.HI/c1-3-22-20(23-13-19(26)17-9-4-5-10-18(17)21)24-14-11-15-7-6-8-16(12-14)25(15)2;/h4-5,9-10,14-16,19,26H,3,6-8,11-13H2,1-2H3,(H2,22,23,24);1H. The first kappa shape index (κ1) is 22.4. The van der Waals surface area contributed by atoms with Crippen LogP contribution in [0, 0.1) is 5.82 Å². The van der Waals surface area contributed by atoms with E-state index in [0.29, 0.717) is 29.6 Å². The number of fused-ring (bicyclic) bond motifs is 2. The monoisotopic (exact) mass is 490 g/mol. The normalized spacial score (nSPS) is 26.8. The van der Waals surface area contributed by atoms with Crippen LogP contribution in [0.5, 0.6) is 0 Å². The SMILES string of the molecule is CCNC(=NCC(O)c1ccccc1F)NC1CC2CCCC(C1)N2C.I. The third-order valence-corrected chi connectivity index (χ3v) is 5.71. The lowest BCUT2D eigenvalue weighted by Gasteiger charge is -2.47. The molecule has 0 amide bonds. The molecule has 2 heterocycles. The second-order valence-corrected chi connectivity index (χ2v) is 7.47. The summed E-state index contributed by atoms with van der Waals surface area (Å²) < 4.78 is 13.8. The number of rotatable bonds is 5. The first-order valence-electron chi connectivity index (χ1n) is 9.77. The molecule has 0 radical (unpaired) electrons. The zero-order valence-corrected chi connectivity index (χ0v) is 18.5. The molecule has 1 aromatic rings. The number of piperidine rings is 2. The second kappa shape index (κ2) is 10.6. The fourth-order valence-corrected chi connectivity index (χ4v) is 4.27. The number of aliphatic imine (C=N–C) groups is 1. The molecule has 3 N–H and O–H groups in total. The molecule has 2 aliphatic rings. The number of guanidine groups is 1. The minimum Gasteiger partial charge on any atom is -0.386 e. The molecule has 0 aliphatic carbocycles. The summed E-state index contributed by atoms with van der Waals surface area (Å²) in [5.41, 5.74) is 0.293. The molecule has 2 aliphatic heterocycles. The number of hydrogen-bond donors (Lipinski definition) is 3. The molecule has 3 atom stereocenters. The van der Waals surface area contributed by atoms with Crippen molar-refractivity contribution in [3.05, 3.63) is 35.6 Å². The van der Waals surface area contributed by atoms with Crippen molar-refractivity contribution in [1.82, 2.24) is 15.5 Å². The van der Waals surface area contributed by atoms with Crippen LogP contribution in [0.15, 0.2) is 29.3 Å². The highest BCUT2D eigenvalue weighted by Gasteiger charge is 2.36. The zero-order valence-electron chi connectivity index (χ0n) is 16.2. The van der Waals surface area contributed by atoms with Crippen molar-refractivity contribution in [3.63, 3.8) is 0 Å². The molecule has 3 unspecified atom stereocenters. The number of aliphatic hydroxyl groups is 1. The number of hydrogen-bond acceptors (Lipinski definition) is 3. The third-order valence-electron chi connectivity index (χ3n) is 5.71. The Kier molecular flexibility index (Phi) is 8.75. The number of nitrogens with one attached hydrogen (secondary N) is 2. The van der Waals surface area contributed by atoms with Gasteiger partial charge in [0.1, 0.15) is 11.9 Å². The largest absolute Gasteiger partial charge is 0.386 e. The van der Waals surface area contributed by atoms with Gasteiger partial charge in [0.25, 0.3) is 0 Å². The Morgan fingerprint density at radius 2 is 1.96 bits per heavy atom. The highest BCUT2D eigenvalue weighted by molar-refractivity contribution is 14.0. The first-order valence-corrected chi connectivity index (χ1v) is 9.77. The molecule has 2 bridgehead atoms. The number of halogens is 2. The molecule has 3 rings (SSSR count). The quantitative estimate of drug-likeness (QED) is 0.338. The molecule has 27 heavy (non-hydrogen) atoms. The summed E-state index contributed by atoms with van der Waals surface area (Å²) in [5.74, 6) is 0.312. The van der Waals surface area contributed by atoms with Crippen LogP contribution in [0.1, 0.15) is 50.7 Å². The van der Waals surface area contributed by atoms with Gasteiger partial charge in [-0.25, -0.2) is 4.39 Å². The summed E-state index contributed by atoms with van der Waals surface area (Å²) >= 11 is 0. The van der Waals surface area contributed by atoms with Crippen LogP contribution in [0.2, 0.25) is 0 Å². The maximum absolute atomic E-state index is 13.8. The van der Waals surface area contributed by atoms with E-state index in [1.165, 1.54) is 25.3 Å². The van der Waals surface area contributed by atoms with E-state index < -0.39 is 11.9 Å². The molecule has 0 saturated carbocycles. The van der Waals surface area contributed by atoms with Gasteiger partial charge in [0.05, 0.1) is 6.54 Å². The minimum absolute atomic E-state index is 0. The topological polar surface area (TPSA) is 59.9 Å². The van der Waals surface area contributed by atoms with Crippen LogP contribution in [0.3, 0.4) is 0 Å². The number of benzene rings is 1. The smallest absolute Gasteiger partial charge is 0.191 e. The van der Waals surface area contributed by atoms with Crippen LogP contribution in [0.4, 0.5) is 4.39 Å². The summed E-state index contributed by atoms with van der Waals surface area (Å²) in [6, 6.07) is 8.00. The highest BCUT2D eigenvalue weighted by atomic mass is 127. The van der Waals surface area contributed by atoms with E-state index in [0.717, 1.165) is 19.4 Å². The molecule has 0 aromatic heterocycles. The molecular formula is C20H32FIN4O. The fraction of sp³-hybridized carbons (Fsp3) is 0.650. The van der Waals surface area contributed by atoms with Gasteiger partial charge in [-0.3, -0.25) is 4.99 Å². The van der Waals surface area contributed by atoms with Crippen molar-refractivity contribution in [2.45, 2.75) is 63.3 Å². The van der Waals surface area contributed by atoms with Crippen LogP contribution in [-0.4, -0.2) is 54.2 Å². The molecular weight excluding hydrogens is 458 g/mol. The van der Waals surface area contributed by atoms with Crippen molar-refractivity contribution >= 4 is 29.9 Å². The van der Waals surface area contributed by atoms with E-state index in [1.54, 1.807) is 18.2 Å². The van der Waals surface area contributed by atoms with Gasteiger partial charge in [-0.1, -0.05) is 24.6 Å². The fourth-order valence-electron chi connectivity index (χ4n) is 4.27. The van der Waals surface area contributed by atoms with E-state index in [2.05, 4.69) is 27.6 Å². The maximum atomic E-state index is 13.8. The van der Waals surface area contributed by atoms with E-state index in [4.69, 9.17) is 0 Å². The molecule has 152 valence electrons. The highest BCUT2D eigenvalue weighted by Crippen LogP contribution is 2.32. The van der Waals surface area contributed by atoms with E-state index >= 15 is 0 Å². The molecule has 5 nitrogen and oxygen atoms in total. The lowest BCUT2D eigenvalue weighted by Crippen LogP contribution is -2.56. The first-order chi connectivity index (χ1) is 12.6. The Hall–Kier alpha value is -0.930. The van der Waals surface area contributed by atoms with Gasteiger partial charge >= 0.3 is 0 Å². The van der Waals surface area contributed by atoms with E-state index in [9.17, 15) is 9.50 Å². The average Bonchev–Trinajstić information content (AvgIpc) is 2.61. The minimum atomic E-state index is -0.941. The molecule has 2 fully saturated rings. The van der Waals surface area contributed by atoms with Crippen molar-refractivity contribution in [2.75, 3.05) is 20.1 Å². The summed E-state index contributed by atoms with van der Waals surface area (Å²) in [5, 5.41) is 17.1. The third kappa shape index (κ3) is 5.77. The van der Waals surface area contributed by atoms with Crippen LogP contribution >= 0.6 is 24.0 Å². The van der Waals surface area contributed by atoms with E-state index in [1.807, 2.05) is 6.92 Å². The lowest BCUT2D eigenvalue weighted by atomic mass is 9.82. The van der Waals surface area contributed by atoms with Gasteiger partial charge in [-0.05, 0) is 45.7 Å². The summed E-state index contributed by atoms with van der Waals surface area (Å²) in [7, 11) is 2.24. The zero-order chi connectivity index (χ0) is 18.5. The van der Waals surface area contributed by atoms with Gasteiger partial charge in [0, 0.05) is 30.2 Å². The van der Waals surface area contributed by atoms with Crippen molar-refractivity contribution < 1.29 is 9.50 Å². The van der Waals surface area contributed by atoms with Gasteiger partial charge in [0.15, 0.2) is 5.96 Å². The van der Waals surface area contributed by atoms with Crippen LogP contribution in [-0.2, 0) is 0 Å². The Bertz CT molecular complexity index is 616. The van der Waals surface area contributed by atoms with Gasteiger partial charge < -0.3 is 20.6 Å². The molecule has 2 saturated heterocycles. The Morgan fingerprint density at radius 1 is 1.30 bits per heavy atom.